The minimum atomic E-state index is -0.781. The van der Waals surface area contributed by atoms with Crippen LogP contribution in [-0.4, -0.2) is 55.8 Å². The van der Waals surface area contributed by atoms with Crippen LogP contribution in [0.4, 0.5) is 11.4 Å². The molecule has 0 radical (unpaired) electrons. The van der Waals surface area contributed by atoms with Gasteiger partial charge in [0.25, 0.3) is 0 Å². The van der Waals surface area contributed by atoms with E-state index in [0.717, 1.165) is 24.5 Å². The van der Waals surface area contributed by atoms with Crippen molar-refractivity contribution in [2.75, 3.05) is 49.7 Å². The summed E-state index contributed by atoms with van der Waals surface area (Å²) in [5.74, 6) is 0. The Hall–Kier alpha value is -1.01. The zero-order valence-corrected chi connectivity index (χ0v) is 11.4. The Kier molecular flexibility index (Phi) is 5.27. The first kappa shape index (κ1) is 14.4. The summed E-state index contributed by atoms with van der Waals surface area (Å²) in [4.78, 5) is 2.17. The van der Waals surface area contributed by atoms with Gasteiger partial charge in [0.1, 0.15) is 0 Å². The lowest BCUT2D eigenvalue weighted by atomic mass is 10.2. The maximum absolute atomic E-state index is 9.41. The van der Waals surface area contributed by atoms with Gasteiger partial charge in [0.05, 0.1) is 42.3 Å². The van der Waals surface area contributed by atoms with Crippen LogP contribution in [0.1, 0.15) is 0 Å². The number of benzene rings is 1. The topological polar surface area (TPSA) is 65.0 Å². The Morgan fingerprint density at radius 2 is 2.11 bits per heavy atom. The summed E-state index contributed by atoms with van der Waals surface area (Å²) < 4.78 is 5.34. The van der Waals surface area contributed by atoms with Gasteiger partial charge in [-0.25, -0.2) is 0 Å². The molecule has 3 N–H and O–H groups in total. The summed E-state index contributed by atoms with van der Waals surface area (Å²) in [5, 5.41) is 22.0. The Balaban J connectivity index is 2.15. The molecule has 1 aromatic rings. The number of hydrogen-bond donors (Lipinski definition) is 3. The molecule has 0 spiro atoms. The molecule has 6 heteroatoms. The fourth-order valence-electron chi connectivity index (χ4n) is 2.06. The van der Waals surface area contributed by atoms with Crippen LogP contribution in [0, 0.1) is 0 Å². The monoisotopic (exact) mass is 286 g/mol. The van der Waals surface area contributed by atoms with Crippen LogP contribution >= 0.6 is 11.6 Å². The number of nitrogens with one attached hydrogen (secondary N) is 1. The van der Waals surface area contributed by atoms with Gasteiger partial charge in [0.15, 0.2) is 0 Å². The summed E-state index contributed by atoms with van der Waals surface area (Å²) in [6.45, 7) is 2.98. The van der Waals surface area contributed by atoms with E-state index in [1.807, 2.05) is 18.2 Å². The van der Waals surface area contributed by atoms with E-state index < -0.39 is 6.10 Å². The number of ether oxygens (including phenoxy) is 1. The smallest absolute Gasteiger partial charge is 0.0942 e. The molecule has 1 saturated heterocycles. The molecule has 19 heavy (non-hydrogen) atoms. The van der Waals surface area contributed by atoms with E-state index in [-0.39, 0.29) is 13.2 Å². The molecule has 1 aliphatic heterocycles. The number of hydrogen-bond acceptors (Lipinski definition) is 5. The van der Waals surface area contributed by atoms with Crippen molar-refractivity contribution in [3.8, 4) is 0 Å². The molecule has 1 atom stereocenters. The number of anilines is 2. The number of halogens is 1. The second-order valence-electron chi connectivity index (χ2n) is 4.45. The van der Waals surface area contributed by atoms with E-state index in [1.54, 1.807) is 0 Å². The SMILES string of the molecule is OCC(O)CNc1cccc(Cl)c1N1CCOCC1. The van der Waals surface area contributed by atoms with Crippen LogP contribution in [0.3, 0.4) is 0 Å². The van der Waals surface area contributed by atoms with Gasteiger partial charge < -0.3 is 25.2 Å². The van der Waals surface area contributed by atoms with Gasteiger partial charge in [-0.2, -0.15) is 0 Å². The maximum Gasteiger partial charge on any atom is 0.0942 e. The predicted octanol–water partition coefficient (Wildman–Crippen LogP) is 0.942. The number of para-hydroxylation sites is 1. The highest BCUT2D eigenvalue weighted by Gasteiger charge is 2.18. The third-order valence-electron chi connectivity index (χ3n) is 3.05. The van der Waals surface area contributed by atoms with E-state index in [9.17, 15) is 5.11 Å². The van der Waals surface area contributed by atoms with Crippen LogP contribution in [0.5, 0.6) is 0 Å². The first-order chi connectivity index (χ1) is 9.22. The normalized spacial score (nSPS) is 17.3. The van der Waals surface area contributed by atoms with Gasteiger partial charge >= 0.3 is 0 Å². The molecule has 2 rings (SSSR count). The van der Waals surface area contributed by atoms with Gasteiger partial charge in [0, 0.05) is 19.6 Å². The lowest BCUT2D eigenvalue weighted by Crippen LogP contribution is -2.37. The van der Waals surface area contributed by atoms with E-state index in [0.29, 0.717) is 18.2 Å². The Labute approximate surface area is 117 Å². The molecule has 1 aliphatic rings. The lowest BCUT2D eigenvalue weighted by molar-refractivity contribution is 0.105. The highest BCUT2D eigenvalue weighted by molar-refractivity contribution is 6.34. The average molecular weight is 287 g/mol. The van der Waals surface area contributed by atoms with Crippen LogP contribution in [0.2, 0.25) is 5.02 Å². The van der Waals surface area contributed by atoms with Crippen LogP contribution < -0.4 is 10.2 Å². The van der Waals surface area contributed by atoms with Crippen molar-refractivity contribution in [2.24, 2.45) is 0 Å². The average Bonchev–Trinajstić information content (AvgIpc) is 2.45. The van der Waals surface area contributed by atoms with Crippen molar-refractivity contribution in [1.29, 1.82) is 0 Å². The second-order valence-corrected chi connectivity index (χ2v) is 4.86. The molecule has 1 fully saturated rings. The summed E-state index contributed by atoms with van der Waals surface area (Å²) in [6, 6.07) is 5.63. The van der Waals surface area contributed by atoms with Crippen LogP contribution in [0.25, 0.3) is 0 Å². The van der Waals surface area contributed by atoms with Crippen molar-refractivity contribution in [1.82, 2.24) is 0 Å². The van der Waals surface area contributed by atoms with Crippen molar-refractivity contribution < 1.29 is 14.9 Å². The van der Waals surface area contributed by atoms with Gasteiger partial charge in [-0.15, -0.1) is 0 Å². The number of rotatable bonds is 5. The van der Waals surface area contributed by atoms with Crippen molar-refractivity contribution >= 4 is 23.0 Å². The molecule has 5 nitrogen and oxygen atoms in total. The van der Waals surface area contributed by atoms with Crippen molar-refractivity contribution in [3.05, 3.63) is 23.2 Å². The first-order valence-corrected chi connectivity index (χ1v) is 6.74. The molecule has 1 heterocycles. The van der Waals surface area contributed by atoms with Gasteiger partial charge in [0.2, 0.25) is 0 Å². The third-order valence-corrected chi connectivity index (χ3v) is 3.36. The van der Waals surface area contributed by atoms with Crippen LogP contribution in [0.15, 0.2) is 18.2 Å². The Morgan fingerprint density at radius 1 is 1.37 bits per heavy atom. The number of nitrogens with zero attached hydrogens (tertiary/aromatic N) is 1. The number of aliphatic hydroxyl groups excluding tert-OH is 2. The molecular weight excluding hydrogens is 268 g/mol. The highest BCUT2D eigenvalue weighted by Crippen LogP contribution is 2.34. The van der Waals surface area contributed by atoms with Gasteiger partial charge in [-0.1, -0.05) is 17.7 Å². The van der Waals surface area contributed by atoms with Gasteiger partial charge in [-0.05, 0) is 12.1 Å². The summed E-state index contributed by atoms with van der Waals surface area (Å²) in [7, 11) is 0. The number of aliphatic hydroxyl groups is 2. The Morgan fingerprint density at radius 3 is 2.79 bits per heavy atom. The molecule has 0 saturated carbocycles. The summed E-state index contributed by atoms with van der Waals surface area (Å²) in [6.07, 6.45) is -0.781. The predicted molar refractivity (Wildman–Crippen MR) is 76.1 cm³/mol. The highest BCUT2D eigenvalue weighted by atomic mass is 35.5. The summed E-state index contributed by atoms with van der Waals surface area (Å²) >= 11 is 6.28. The molecule has 0 bridgehead atoms. The van der Waals surface area contributed by atoms with Crippen molar-refractivity contribution in [3.63, 3.8) is 0 Å². The molecule has 1 aromatic carbocycles. The Bertz CT molecular complexity index is 411. The van der Waals surface area contributed by atoms with E-state index >= 15 is 0 Å². The van der Waals surface area contributed by atoms with Crippen LogP contribution in [-0.2, 0) is 4.74 Å². The molecule has 0 amide bonds. The zero-order valence-electron chi connectivity index (χ0n) is 10.7. The van der Waals surface area contributed by atoms with Gasteiger partial charge in [-0.3, -0.25) is 0 Å². The molecular formula is C13H19ClN2O3. The third kappa shape index (κ3) is 3.73. The quantitative estimate of drug-likeness (QED) is 0.752. The zero-order chi connectivity index (χ0) is 13.7. The number of morpholine rings is 1. The fourth-order valence-corrected chi connectivity index (χ4v) is 2.35. The minimum Gasteiger partial charge on any atom is -0.394 e. The van der Waals surface area contributed by atoms with Crippen molar-refractivity contribution in [2.45, 2.75) is 6.10 Å². The molecule has 0 aromatic heterocycles. The second kappa shape index (κ2) is 6.96. The van der Waals surface area contributed by atoms with E-state index in [2.05, 4.69) is 10.2 Å². The minimum absolute atomic E-state index is 0.263. The van der Waals surface area contributed by atoms with E-state index in [1.165, 1.54) is 0 Å². The van der Waals surface area contributed by atoms with E-state index in [4.69, 9.17) is 21.4 Å². The molecule has 106 valence electrons. The molecule has 1 unspecified atom stereocenters. The molecule has 0 aliphatic carbocycles. The fraction of sp³-hybridized carbons (Fsp3) is 0.538. The standard InChI is InChI=1S/C13H19ClN2O3/c14-11-2-1-3-12(15-8-10(18)9-17)13(11)16-4-6-19-7-5-16/h1-3,10,15,17-18H,4-9H2. The summed E-state index contributed by atoms with van der Waals surface area (Å²) in [5.41, 5.74) is 1.79. The maximum atomic E-state index is 9.41. The largest absolute Gasteiger partial charge is 0.394 e. The first-order valence-electron chi connectivity index (χ1n) is 6.36. The lowest BCUT2D eigenvalue weighted by Gasteiger charge is -2.31.